The zero-order valence-electron chi connectivity index (χ0n) is 19.6. The largest absolute Gasteiger partial charge is 0.481 e. The van der Waals surface area contributed by atoms with Crippen molar-refractivity contribution < 1.29 is 24.2 Å². The predicted octanol–water partition coefficient (Wildman–Crippen LogP) is 4.03. The molecule has 0 fully saturated rings. The molecule has 0 unspecified atom stereocenters. The van der Waals surface area contributed by atoms with E-state index in [4.69, 9.17) is 9.84 Å². The number of carboxylic acids is 1. The molecule has 0 aliphatic heterocycles. The predicted molar refractivity (Wildman–Crippen MR) is 135 cm³/mol. The third kappa shape index (κ3) is 6.10. The van der Waals surface area contributed by atoms with Gasteiger partial charge in [0, 0.05) is 19.0 Å². The molecule has 36 heavy (non-hydrogen) atoms. The number of carbonyl (C=O) groups is 3. The zero-order valence-corrected chi connectivity index (χ0v) is 19.6. The molecule has 0 heterocycles. The van der Waals surface area contributed by atoms with E-state index in [1.165, 1.54) is 4.90 Å². The van der Waals surface area contributed by atoms with Gasteiger partial charge >= 0.3 is 12.1 Å². The number of fused-ring (bicyclic) bond motifs is 3. The Morgan fingerprint density at radius 3 is 2.14 bits per heavy atom. The van der Waals surface area contributed by atoms with Crippen LogP contribution in [0.4, 0.5) is 4.79 Å². The van der Waals surface area contributed by atoms with Crippen LogP contribution in [0.2, 0.25) is 0 Å². The summed E-state index contributed by atoms with van der Waals surface area (Å²) in [6.07, 6.45) is -0.802. The van der Waals surface area contributed by atoms with Gasteiger partial charge < -0.3 is 20.1 Å². The van der Waals surface area contributed by atoms with Crippen LogP contribution in [0.1, 0.15) is 29.0 Å². The van der Waals surface area contributed by atoms with E-state index in [2.05, 4.69) is 29.3 Å². The summed E-state index contributed by atoms with van der Waals surface area (Å²) in [6.45, 7) is 0.409. The van der Waals surface area contributed by atoms with E-state index in [1.807, 2.05) is 66.7 Å². The normalized spacial score (nSPS) is 11.4. The summed E-state index contributed by atoms with van der Waals surface area (Å²) in [4.78, 5) is 37.2. The number of nitrogens with one attached hydrogen (secondary N) is 1. The van der Waals surface area contributed by atoms with Crippen LogP contribution >= 0.6 is 0 Å². The second-order valence-electron chi connectivity index (χ2n) is 8.34. The SMILES string of the molecule is O=C(O)CCN(Cc1ccccc1)C(=O)C#CCNC(=O)OCC1c2ccccc2-c2ccccc21. The van der Waals surface area contributed by atoms with Crippen LogP contribution in [0.3, 0.4) is 0 Å². The van der Waals surface area contributed by atoms with Crippen LogP contribution in [-0.2, 0) is 20.9 Å². The molecule has 7 heteroatoms. The van der Waals surface area contributed by atoms with Crippen LogP contribution in [0, 0.1) is 11.8 Å². The molecule has 0 saturated carbocycles. The number of carbonyl (C=O) groups excluding carboxylic acids is 2. The maximum atomic E-state index is 12.6. The molecule has 0 saturated heterocycles. The standard InChI is InChI=1S/C29H26N2O5/c32-27(31(18-16-28(33)34)19-21-9-2-1-3-10-21)15-8-17-30-29(35)36-20-26-24-13-6-4-11-22(24)23-12-5-7-14-25(23)26/h1-7,9-14,26H,16-20H2,(H,30,35)(H,33,34). The first-order valence-corrected chi connectivity index (χ1v) is 11.7. The summed E-state index contributed by atoms with van der Waals surface area (Å²) in [6, 6.07) is 25.4. The van der Waals surface area contributed by atoms with Gasteiger partial charge in [0.1, 0.15) is 6.61 Å². The first-order valence-electron chi connectivity index (χ1n) is 11.7. The number of rotatable bonds is 8. The zero-order chi connectivity index (χ0) is 25.3. The minimum Gasteiger partial charge on any atom is -0.481 e. The van der Waals surface area contributed by atoms with Crippen molar-refractivity contribution >= 4 is 18.0 Å². The van der Waals surface area contributed by atoms with E-state index in [1.54, 1.807) is 0 Å². The molecular formula is C29H26N2O5. The Bertz CT molecular complexity index is 1260. The number of ether oxygens (including phenoxy) is 1. The number of amides is 2. The van der Waals surface area contributed by atoms with Gasteiger partial charge in [-0.05, 0) is 33.7 Å². The van der Waals surface area contributed by atoms with Gasteiger partial charge in [-0.15, -0.1) is 0 Å². The smallest absolute Gasteiger partial charge is 0.407 e. The summed E-state index contributed by atoms with van der Waals surface area (Å²) in [7, 11) is 0. The summed E-state index contributed by atoms with van der Waals surface area (Å²) in [5.41, 5.74) is 5.41. The van der Waals surface area contributed by atoms with E-state index < -0.39 is 18.0 Å². The van der Waals surface area contributed by atoms with Gasteiger partial charge in [-0.3, -0.25) is 9.59 Å². The molecule has 0 atom stereocenters. The van der Waals surface area contributed by atoms with Crippen LogP contribution < -0.4 is 5.32 Å². The van der Waals surface area contributed by atoms with Crippen molar-refractivity contribution in [2.75, 3.05) is 19.7 Å². The van der Waals surface area contributed by atoms with Crippen LogP contribution in [0.25, 0.3) is 11.1 Å². The average molecular weight is 483 g/mol. The van der Waals surface area contributed by atoms with Crippen molar-refractivity contribution in [1.82, 2.24) is 10.2 Å². The van der Waals surface area contributed by atoms with Crippen molar-refractivity contribution in [2.45, 2.75) is 18.9 Å². The fourth-order valence-corrected chi connectivity index (χ4v) is 4.25. The average Bonchev–Trinajstić information content (AvgIpc) is 3.22. The van der Waals surface area contributed by atoms with Crippen molar-refractivity contribution in [3.63, 3.8) is 0 Å². The van der Waals surface area contributed by atoms with E-state index >= 15 is 0 Å². The molecule has 1 aliphatic carbocycles. The lowest BCUT2D eigenvalue weighted by Gasteiger charge is -2.19. The first kappa shape index (κ1) is 24.6. The van der Waals surface area contributed by atoms with Gasteiger partial charge in [0.25, 0.3) is 5.91 Å². The van der Waals surface area contributed by atoms with E-state index in [0.29, 0.717) is 0 Å². The maximum Gasteiger partial charge on any atom is 0.407 e. The third-order valence-electron chi connectivity index (χ3n) is 5.96. The monoisotopic (exact) mass is 482 g/mol. The van der Waals surface area contributed by atoms with Crippen LogP contribution in [-0.4, -0.2) is 47.7 Å². The quantitative estimate of drug-likeness (QED) is 0.473. The Morgan fingerprint density at radius 1 is 0.889 bits per heavy atom. The molecule has 7 nitrogen and oxygen atoms in total. The van der Waals surface area contributed by atoms with Gasteiger partial charge in [0.05, 0.1) is 13.0 Å². The van der Waals surface area contributed by atoms with Gasteiger partial charge in [-0.1, -0.05) is 84.8 Å². The lowest BCUT2D eigenvalue weighted by Crippen LogP contribution is -2.32. The second kappa shape index (κ2) is 11.7. The van der Waals surface area contributed by atoms with Crippen molar-refractivity contribution in [2.24, 2.45) is 0 Å². The molecule has 0 spiro atoms. The number of hydrogen-bond donors (Lipinski definition) is 2. The molecular weight excluding hydrogens is 456 g/mol. The molecule has 0 bridgehead atoms. The minimum atomic E-state index is -0.995. The molecule has 0 radical (unpaired) electrons. The topological polar surface area (TPSA) is 95.9 Å². The fourth-order valence-electron chi connectivity index (χ4n) is 4.25. The van der Waals surface area contributed by atoms with Crippen molar-refractivity contribution in [3.8, 4) is 23.0 Å². The Kier molecular flexibility index (Phi) is 7.99. The highest BCUT2D eigenvalue weighted by Gasteiger charge is 2.28. The third-order valence-corrected chi connectivity index (χ3v) is 5.96. The van der Waals surface area contributed by atoms with E-state index in [0.717, 1.165) is 27.8 Å². The Morgan fingerprint density at radius 2 is 1.50 bits per heavy atom. The Hall–Kier alpha value is -4.57. The maximum absolute atomic E-state index is 12.6. The van der Waals surface area contributed by atoms with Crippen LogP contribution in [0.15, 0.2) is 78.9 Å². The van der Waals surface area contributed by atoms with Gasteiger partial charge in [-0.2, -0.15) is 0 Å². The summed E-state index contributed by atoms with van der Waals surface area (Å²) in [5.74, 6) is 3.56. The lowest BCUT2D eigenvalue weighted by atomic mass is 9.98. The molecule has 2 amide bonds. The van der Waals surface area contributed by atoms with E-state index in [9.17, 15) is 14.4 Å². The molecule has 182 valence electrons. The van der Waals surface area contributed by atoms with Gasteiger partial charge in [0.2, 0.25) is 0 Å². The number of aliphatic carboxylic acids is 1. The molecule has 0 aromatic heterocycles. The highest BCUT2D eigenvalue weighted by Crippen LogP contribution is 2.44. The number of hydrogen-bond acceptors (Lipinski definition) is 4. The number of carboxylic acid groups (broad SMARTS) is 1. The number of benzene rings is 3. The fraction of sp³-hybridized carbons (Fsp3) is 0.207. The second-order valence-corrected chi connectivity index (χ2v) is 8.34. The molecule has 4 rings (SSSR count). The lowest BCUT2D eigenvalue weighted by molar-refractivity contribution is -0.138. The highest BCUT2D eigenvalue weighted by molar-refractivity contribution is 5.93. The summed E-state index contributed by atoms with van der Waals surface area (Å²) >= 11 is 0. The summed E-state index contributed by atoms with van der Waals surface area (Å²) < 4.78 is 5.46. The molecule has 1 aliphatic rings. The molecule has 2 N–H and O–H groups in total. The summed E-state index contributed by atoms with van der Waals surface area (Å²) in [5, 5.41) is 11.5. The van der Waals surface area contributed by atoms with Crippen LogP contribution in [0.5, 0.6) is 0 Å². The first-order chi connectivity index (χ1) is 17.5. The number of nitrogens with zero attached hydrogens (tertiary/aromatic N) is 1. The minimum absolute atomic E-state index is 0.0392. The Labute approximate surface area is 209 Å². The molecule has 3 aromatic rings. The van der Waals surface area contributed by atoms with Gasteiger partial charge in [0.15, 0.2) is 0 Å². The van der Waals surface area contributed by atoms with Crippen molar-refractivity contribution in [3.05, 3.63) is 95.6 Å². The highest BCUT2D eigenvalue weighted by atomic mass is 16.5. The van der Waals surface area contributed by atoms with Gasteiger partial charge in [-0.25, -0.2) is 4.79 Å². The Balaban J connectivity index is 1.30. The molecule has 3 aromatic carbocycles. The number of alkyl carbamates (subject to hydrolysis) is 1. The van der Waals surface area contributed by atoms with Crippen molar-refractivity contribution in [1.29, 1.82) is 0 Å². The van der Waals surface area contributed by atoms with E-state index in [-0.39, 0.29) is 38.6 Å².